The van der Waals surface area contributed by atoms with E-state index in [2.05, 4.69) is 23.3 Å². The van der Waals surface area contributed by atoms with Crippen molar-refractivity contribution in [2.45, 2.75) is 13.3 Å². The van der Waals surface area contributed by atoms with Gasteiger partial charge in [0.25, 0.3) is 0 Å². The molecule has 3 rings (SSSR count). The molecule has 0 aliphatic rings. The van der Waals surface area contributed by atoms with E-state index in [-0.39, 0.29) is 0 Å². The molecule has 1 aromatic carbocycles. The van der Waals surface area contributed by atoms with Crippen LogP contribution in [0.15, 0.2) is 42.6 Å². The Balaban J connectivity index is 1.97. The van der Waals surface area contributed by atoms with E-state index in [1.54, 1.807) is 19.2 Å². The molecule has 1 N–H and O–H groups in total. The van der Waals surface area contributed by atoms with Gasteiger partial charge in [-0.15, -0.1) is 0 Å². The fourth-order valence-corrected chi connectivity index (χ4v) is 2.56. The molecule has 0 unspecified atom stereocenters. The second-order valence-electron chi connectivity index (χ2n) is 5.63. The largest absolute Gasteiger partial charge is 0.497 e. The van der Waals surface area contributed by atoms with Crippen molar-refractivity contribution in [2.75, 3.05) is 19.0 Å². The average molecular weight is 332 g/mol. The predicted molar refractivity (Wildman–Crippen MR) is 101 cm³/mol. The summed E-state index contributed by atoms with van der Waals surface area (Å²) in [5, 5.41) is 12.5. The fraction of sp³-hybridized carbons (Fsp3) is 0.200. The summed E-state index contributed by atoms with van der Waals surface area (Å²) in [6.07, 6.45) is 6.90. The number of benzene rings is 1. The number of hydrogen-bond acceptors (Lipinski definition) is 4. The number of imidazole rings is 1. The van der Waals surface area contributed by atoms with Crippen molar-refractivity contribution < 1.29 is 4.74 Å². The second kappa shape index (κ2) is 7.54. The summed E-state index contributed by atoms with van der Waals surface area (Å²) >= 11 is 0. The van der Waals surface area contributed by atoms with Gasteiger partial charge in [-0.3, -0.25) is 4.40 Å². The van der Waals surface area contributed by atoms with Crippen LogP contribution in [-0.4, -0.2) is 23.0 Å². The molecule has 0 fully saturated rings. The van der Waals surface area contributed by atoms with Crippen LogP contribution in [-0.2, 0) is 0 Å². The lowest BCUT2D eigenvalue weighted by atomic mass is 10.2. The van der Waals surface area contributed by atoms with Crippen LogP contribution in [0.25, 0.3) is 17.8 Å². The molecule has 126 valence electrons. The number of nitrogens with one attached hydrogen (secondary N) is 1. The summed E-state index contributed by atoms with van der Waals surface area (Å²) in [5.41, 5.74) is 3.27. The Hall–Kier alpha value is -3.26. The highest BCUT2D eigenvalue weighted by Crippen LogP contribution is 2.22. The van der Waals surface area contributed by atoms with Gasteiger partial charge in [-0.2, -0.15) is 5.26 Å². The van der Waals surface area contributed by atoms with E-state index in [0.29, 0.717) is 5.56 Å². The monoisotopic (exact) mass is 332 g/mol. The summed E-state index contributed by atoms with van der Waals surface area (Å²) < 4.78 is 7.16. The third-order valence-corrected chi connectivity index (χ3v) is 3.87. The number of nitriles is 1. The topological polar surface area (TPSA) is 62.3 Å². The van der Waals surface area contributed by atoms with E-state index in [1.807, 2.05) is 47.0 Å². The van der Waals surface area contributed by atoms with E-state index in [4.69, 9.17) is 10.00 Å². The summed E-state index contributed by atoms with van der Waals surface area (Å²) in [7, 11) is 1.66. The summed E-state index contributed by atoms with van der Waals surface area (Å²) in [5.74, 6) is 1.77. The maximum atomic E-state index is 9.08. The molecule has 25 heavy (non-hydrogen) atoms. The molecular formula is C20H20N4O. The molecule has 5 heteroatoms. The van der Waals surface area contributed by atoms with E-state index >= 15 is 0 Å². The summed E-state index contributed by atoms with van der Waals surface area (Å²) in [6, 6.07) is 13.6. The average Bonchev–Trinajstić information content (AvgIpc) is 3.01. The lowest BCUT2D eigenvalue weighted by Gasteiger charge is -2.05. The molecule has 2 heterocycles. The number of hydrogen-bond donors (Lipinski definition) is 1. The standard InChI is InChI=1S/C20H20N4O/c1-3-11-22-20-18(9-6-15-4-7-17(25-2)8-5-15)23-19-13-16(14-21)10-12-24(19)20/h4-10,12-13,22H,3,11H2,1-2H3/b9-6+. The smallest absolute Gasteiger partial charge is 0.140 e. The minimum Gasteiger partial charge on any atom is -0.497 e. The van der Waals surface area contributed by atoms with Gasteiger partial charge in [0.1, 0.15) is 22.9 Å². The molecule has 2 aromatic heterocycles. The van der Waals surface area contributed by atoms with Crippen LogP contribution in [0.5, 0.6) is 5.75 Å². The first kappa shape index (κ1) is 16.6. The zero-order chi connectivity index (χ0) is 17.6. The predicted octanol–water partition coefficient (Wildman–Crippen LogP) is 4.21. The van der Waals surface area contributed by atoms with Gasteiger partial charge < -0.3 is 10.1 Å². The third kappa shape index (κ3) is 3.64. The fourth-order valence-electron chi connectivity index (χ4n) is 2.56. The number of anilines is 1. The van der Waals surface area contributed by atoms with Gasteiger partial charge in [-0.25, -0.2) is 4.98 Å². The highest BCUT2D eigenvalue weighted by molar-refractivity contribution is 5.76. The Kier molecular flexibility index (Phi) is 5.00. The molecule has 0 bridgehead atoms. The van der Waals surface area contributed by atoms with Crippen LogP contribution in [0.3, 0.4) is 0 Å². The number of pyridine rings is 1. The highest BCUT2D eigenvalue weighted by atomic mass is 16.5. The van der Waals surface area contributed by atoms with Gasteiger partial charge in [-0.1, -0.05) is 25.1 Å². The van der Waals surface area contributed by atoms with Crippen molar-refractivity contribution in [3.05, 3.63) is 59.4 Å². The molecule has 0 aliphatic heterocycles. The van der Waals surface area contributed by atoms with Crippen LogP contribution in [0.2, 0.25) is 0 Å². The van der Waals surface area contributed by atoms with Gasteiger partial charge in [0.2, 0.25) is 0 Å². The molecule has 0 saturated carbocycles. The molecule has 5 nitrogen and oxygen atoms in total. The Morgan fingerprint density at radius 3 is 2.72 bits per heavy atom. The lowest BCUT2D eigenvalue weighted by Crippen LogP contribution is -2.03. The first-order valence-electron chi connectivity index (χ1n) is 8.23. The number of rotatable bonds is 6. The maximum Gasteiger partial charge on any atom is 0.140 e. The Morgan fingerprint density at radius 2 is 2.04 bits per heavy atom. The molecular weight excluding hydrogens is 312 g/mol. The highest BCUT2D eigenvalue weighted by Gasteiger charge is 2.10. The van der Waals surface area contributed by atoms with Crippen LogP contribution in [0.1, 0.15) is 30.2 Å². The summed E-state index contributed by atoms with van der Waals surface area (Å²) in [6.45, 7) is 2.98. The van der Waals surface area contributed by atoms with Gasteiger partial charge in [0, 0.05) is 12.7 Å². The van der Waals surface area contributed by atoms with Crippen molar-refractivity contribution in [3.8, 4) is 11.8 Å². The van der Waals surface area contributed by atoms with Crippen LogP contribution in [0, 0.1) is 11.3 Å². The number of nitrogens with zero attached hydrogens (tertiary/aromatic N) is 3. The zero-order valence-electron chi connectivity index (χ0n) is 14.4. The zero-order valence-corrected chi connectivity index (χ0v) is 14.4. The number of fused-ring (bicyclic) bond motifs is 1. The van der Waals surface area contributed by atoms with E-state index < -0.39 is 0 Å². The molecule has 0 amide bonds. The summed E-state index contributed by atoms with van der Waals surface area (Å²) in [4.78, 5) is 4.66. The second-order valence-corrected chi connectivity index (χ2v) is 5.63. The molecule has 0 spiro atoms. The maximum absolute atomic E-state index is 9.08. The normalized spacial score (nSPS) is 10.9. The Labute approximate surface area is 147 Å². The van der Waals surface area contributed by atoms with Gasteiger partial charge in [-0.05, 0) is 42.3 Å². The molecule has 0 aliphatic carbocycles. The lowest BCUT2D eigenvalue weighted by molar-refractivity contribution is 0.415. The Morgan fingerprint density at radius 1 is 1.24 bits per heavy atom. The minimum atomic E-state index is 0.602. The van der Waals surface area contributed by atoms with Crippen LogP contribution < -0.4 is 10.1 Å². The first-order valence-corrected chi connectivity index (χ1v) is 8.23. The van der Waals surface area contributed by atoms with Gasteiger partial charge >= 0.3 is 0 Å². The SMILES string of the molecule is CCCNc1c(/C=C/c2ccc(OC)cc2)nc2cc(C#N)ccn12. The van der Waals surface area contributed by atoms with Gasteiger partial charge in [0.05, 0.1) is 18.7 Å². The number of ether oxygens (including phenoxy) is 1. The van der Waals surface area contributed by atoms with Crippen molar-refractivity contribution in [3.63, 3.8) is 0 Å². The minimum absolute atomic E-state index is 0.602. The van der Waals surface area contributed by atoms with Crippen molar-refractivity contribution in [1.29, 1.82) is 5.26 Å². The van der Waals surface area contributed by atoms with Crippen molar-refractivity contribution >= 4 is 23.6 Å². The number of methoxy groups -OCH3 is 1. The molecule has 3 aromatic rings. The number of aromatic nitrogens is 2. The molecule has 0 radical (unpaired) electrons. The van der Waals surface area contributed by atoms with Crippen molar-refractivity contribution in [2.24, 2.45) is 0 Å². The third-order valence-electron chi connectivity index (χ3n) is 3.87. The quantitative estimate of drug-likeness (QED) is 0.734. The van der Waals surface area contributed by atoms with E-state index in [1.165, 1.54) is 0 Å². The van der Waals surface area contributed by atoms with Crippen molar-refractivity contribution in [1.82, 2.24) is 9.38 Å². The van der Waals surface area contributed by atoms with E-state index in [0.717, 1.165) is 41.4 Å². The van der Waals surface area contributed by atoms with E-state index in [9.17, 15) is 0 Å². The van der Waals surface area contributed by atoms with Crippen LogP contribution in [0.4, 0.5) is 5.82 Å². The Bertz CT molecular complexity index is 933. The van der Waals surface area contributed by atoms with Gasteiger partial charge in [0.15, 0.2) is 0 Å². The molecule has 0 atom stereocenters. The molecule has 0 saturated heterocycles. The first-order chi connectivity index (χ1) is 12.2. The van der Waals surface area contributed by atoms with Crippen LogP contribution >= 0.6 is 0 Å².